The molecular formula is C18H34N2O3. The minimum atomic E-state index is -0.573. The van der Waals surface area contributed by atoms with Gasteiger partial charge >= 0.3 is 6.09 Å². The molecule has 0 radical (unpaired) electrons. The van der Waals surface area contributed by atoms with E-state index in [1.165, 1.54) is 6.42 Å². The normalized spacial score (nSPS) is 18.2. The minimum Gasteiger partial charge on any atom is -0.444 e. The molecule has 134 valence electrons. The van der Waals surface area contributed by atoms with E-state index >= 15 is 0 Å². The fourth-order valence-corrected chi connectivity index (χ4v) is 2.82. The third-order valence-electron chi connectivity index (χ3n) is 3.78. The number of ether oxygens (including phenoxy) is 1. The average Bonchev–Trinajstić information content (AvgIpc) is 2.35. The Morgan fingerprint density at radius 1 is 1.04 bits per heavy atom. The minimum absolute atomic E-state index is 0.0659. The van der Waals surface area contributed by atoms with Crippen molar-refractivity contribution >= 4 is 12.0 Å². The summed E-state index contributed by atoms with van der Waals surface area (Å²) < 4.78 is 5.29. The van der Waals surface area contributed by atoms with Crippen LogP contribution in [0.2, 0.25) is 0 Å². The van der Waals surface area contributed by atoms with Crippen molar-refractivity contribution in [3.63, 3.8) is 0 Å². The lowest BCUT2D eigenvalue weighted by Crippen LogP contribution is -2.52. The Hall–Kier alpha value is -1.26. The Kier molecular flexibility index (Phi) is 6.90. The topological polar surface area (TPSA) is 67.4 Å². The molecule has 1 rings (SSSR count). The van der Waals surface area contributed by atoms with E-state index in [0.717, 1.165) is 25.7 Å². The van der Waals surface area contributed by atoms with Crippen molar-refractivity contribution < 1.29 is 14.3 Å². The first-order chi connectivity index (χ1) is 10.5. The molecule has 23 heavy (non-hydrogen) atoms. The van der Waals surface area contributed by atoms with Crippen LogP contribution < -0.4 is 10.6 Å². The zero-order valence-electron chi connectivity index (χ0n) is 15.6. The standard InChI is InChI=1S/C18H34N2O3/c1-17(2,3)12-14(20-16(22)23-18(4,5)6)15(21)19-13-10-8-7-9-11-13/h13-14H,7-12H2,1-6H3,(H,19,21)(H,20,22)/t14-/m1/s1. The SMILES string of the molecule is CC(C)(C)C[C@@H](NC(=O)OC(C)(C)C)C(=O)NC1CCCCC1. The summed E-state index contributed by atoms with van der Waals surface area (Å²) in [5, 5.41) is 5.85. The summed E-state index contributed by atoms with van der Waals surface area (Å²) >= 11 is 0. The van der Waals surface area contributed by atoms with Gasteiger partial charge in [-0.1, -0.05) is 40.0 Å². The number of carbonyl (C=O) groups is 2. The Morgan fingerprint density at radius 3 is 2.09 bits per heavy atom. The van der Waals surface area contributed by atoms with E-state index in [9.17, 15) is 9.59 Å². The van der Waals surface area contributed by atoms with Crippen molar-refractivity contribution in [1.82, 2.24) is 10.6 Å². The van der Waals surface area contributed by atoms with Gasteiger partial charge in [-0.25, -0.2) is 4.79 Å². The third kappa shape index (κ3) is 8.82. The molecule has 0 aromatic heterocycles. The number of hydrogen-bond acceptors (Lipinski definition) is 3. The molecule has 0 aromatic rings. The zero-order chi connectivity index (χ0) is 17.7. The molecule has 2 N–H and O–H groups in total. The first-order valence-electron chi connectivity index (χ1n) is 8.76. The Labute approximate surface area is 140 Å². The lowest BCUT2D eigenvalue weighted by atomic mass is 9.87. The number of alkyl carbamates (subject to hydrolysis) is 1. The van der Waals surface area contributed by atoms with E-state index in [1.54, 1.807) is 0 Å². The van der Waals surface area contributed by atoms with Crippen molar-refractivity contribution in [3.05, 3.63) is 0 Å². The first-order valence-corrected chi connectivity index (χ1v) is 8.76. The maximum absolute atomic E-state index is 12.6. The monoisotopic (exact) mass is 326 g/mol. The van der Waals surface area contributed by atoms with Crippen LogP contribution in [0.3, 0.4) is 0 Å². The van der Waals surface area contributed by atoms with Gasteiger partial charge in [-0.15, -0.1) is 0 Å². The number of amides is 2. The molecule has 0 bridgehead atoms. The second kappa shape index (κ2) is 8.02. The van der Waals surface area contributed by atoms with E-state index < -0.39 is 17.7 Å². The summed E-state index contributed by atoms with van der Waals surface area (Å²) in [5.41, 5.74) is -0.639. The van der Waals surface area contributed by atoms with Crippen molar-refractivity contribution in [2.24, 2.45) is 5.41 Å². The van der Waals surface area contributed by atoms with Gasteiger partial charge in [0.1, 0.15) is 11.6 Å². The highest BCUT2D eigenvalue weighted by Crippen LogP contribution is 2.22. The van der Waals surface area contributed by atoms with Crippen LogP contribution in [0.1, 0.15) is 80.1 Å². The number of nitrogens with one attached hydrogen (secondary N) is 2. The quantitative estimate of drug-likeness (QED) is 0.826. The van der Waals surface area contributed by atoms with Gasteiger partial charge < -0.3 is 15.4 Å². The van der Waals surface area contributed by atoms with Crippen LogP contribution >= 0.6 is 0 Å². The van der Waals surface area contributed by atoms with Gasteiger partial charge in [-0.2, -0.15) is 0 Å². The smallest absolute Gasteiger partial charge is 0.408 e. The molecule has 1 aliphatic rings. The van der Waals surface area contributed by atoms with Gasteiger partial charge in [0.2, 0.25) is 5.91 Å². The predicted molar refractivity (Wildman–Crippen MR) is 92.2 cm³/mol. The van der Waals surface area contributed by atoms with Crippen LogP contribution in [0.25, 0.3) is 0 Å². The molecule has 0 heterocycles. The first kappa shape index (κ1) is 19.8. The lowest BCUT2D eigenvalue weighted by Gasteiger charge is -2.30. The highest BCUT2D eigenvalue weighted by atomic mass is 16.6. The second-order valence-corrected chi connectivity index (χ2v) is 8.81. The summed E-state index contributed by atoms with van der Waals surface area (Å²) in [4.78, 5) is 24.6. The van der Waals surface area contributed by atoms with Gasteiger partial charge in [0.15, 0.2) is 0 Å². The molecule has 2 amide bonds. The summed E-state index contributed by atoms with van der Waals surface area (Å²) in [6, 6.07) is -0.328. The highest BCUT2D eigenvalue weighted by Gasteiger charge is 2.29. The Bertz CT molecular complexity index is 401. The van der Waals surface area contributed by atoms with Crippen LogP contribution in [0.4, 0.5) is 4.79 Å². The molecule has 1 saturated carbocycles. The Balaban J connectivity index is 2.66. The van der Waals surface area contributed by atoms with E-state index in [0.29, 0.717) is 6.42 Å². The van der Waals surface area contributed by atoms with Crippen LogP contribution in [0.15, 0.2) is 0 Å². The number of carbonyl (C=O) groups excluding carboxylic acids is 2. The largest absolute Gasteiger partial charge is 0.444 e. The van der Waals surface area contributed by atoms with Gasteiger partial charge in [0.05, 0.1) is 0 Å². The average molecular weight is 326 g/mol. The van der Waals surface area contributed by atoms with Crippen molar-refractivity contribution in [1.29, 1.82) is 0 Å². The number of rotatable bonds is 4. The molecule has 5 nitrogen and oxygen atoms in total. The third-order valence-corrected chi connectivity index (χ3v) is 3.78. The van der Waals surface area contributed by atoms with E-state index in [4.69, 9.17) is 4.74 Å². The van der Waals surface area contributed by atoms with Crippen molar-refractivity contribution in [2.75, 3.05) is 0 Å². The second-order valence-electron chi connectivity index (χ2n) is 8.81. The van der Waals surface area contributed by atoms with Crippen LogP contribution in [0, 0.1) is 5.41 Å². The zero-order valence-corrected chi connectivity index (χ0v) is 15.6. The van der Waals surface area contributed by atoms with E-state index in [1.807, 2.05) is 20.8 Å². The fourth-order valence-electron chi connectivity index (χ4n) is 2.82. The molecule has 0 unspecified atom stereocenters. The molecular weight excluding hydrogens is 292 g/mol. The highest BCUT2D eigenvalue weighted by molar-refractivity contribution is 5.85. The van der Waals surface area contributed by atoms with Gasteiger partial charge in [0.25, 0.3) is 0 Å². The molecule has 0 saturated heterocycles. The summed E-state index contributed by atoms with van der Waals surface area (Å²) in [6.07, 6.45) is 5.66. The van der Waals surface area contributed by atoms with Gasteiger partial charge in [-0.05, 0) is 45.4 Å². The molecule has 5 heteroatoms. The van der Waals surface area contributed by atoms with E-state index in [2.05, 4.69) is 31.4 Å². The lowest BCUT2D eigenvalue weighted by molar-refractivity contribution is -0.124. The maximum Gasteiger partial charge on any atom is 0.408 e. The van der Waals surface area contributed by atoms with Crippen molar-refractivity contribution in [3.8, 4) is 0 Å². The molecule has 1 aliphatic carbocycles. The fraction of sp³-hybridized carbons (Fsp3) is 0.889. The van der Waals surface area contributed by atoms with Gasteiger partial charge in [-0.3, -0.25) is 4.79 Å². The number of hydrogen-bond donors (Lipinski definition) is 2. The summed E-state index contributed by atoms with van der Waals surface area (Å²) in [5.74, 6) is -0.0994. The molecule has 0 aromatic carbocycles. The van der Waals surface area contributed by atoms with Gasteiger partial charge in [0, 0.05) is 6.04 Å². The molecule has 0 spiro atoms. The molecule has 0 aliphatic heterocycles. The predicted octanol–water partition coefficient (Wildman–Crippen LogP) is 3.76. The van der Waals surface area contributed by atoms with Crippen LogP contribution in [-0.4, -0.2) is 29.7 Å². The van der Waals surface area contributed by atoms with Crippen LogP contribution in [0.5, 0.6) is 0 Å². The maximum atomic E-state index is 12.6. The molecule has 1 atom stereocenters. The van der Waals surface area contributed by atoms with Crippen LogP contribution in [-0.2, 0) is 9.53 Å². The van der Waals surface area contributed by atoms with E-state index in [-0.39, 0.29) is 17.4 Å². The Morgan fingerprint density at radius 2 is 1.61 bits per heavy atom. The molecule has 1 fully saturated rings. The summed E-state index contributed by atoms with van der Waals surface area (Å²) in [7, 11) is 0. The van der Waals surface area contributed by atoms with Crippen molar-refractivity contribution in [2.45, 2.75) is 97.8 Å². The summed E-state index contributed by atoms with van der Waals surface area (Å²) in [6.45, 7) is 11.6.